The lowest BCUT2D eigenvalue weighted by molar-refractivity contribution is 0.469. The molecule has 0 N–H and O–H groups in total. The lowest BCUT2D eigenvalue weighted by atomic mass is 9.72. The summed E-state index contributed by atoms with van der Waals surface area (Å²) in [6, 6.07) is 12.7. The van der Waals surface area contributed by atoms with Gasteiger partial charge >= 0.3 is 0 Å². The molecule has 1 aromatic carbocycles. The fraction of sp³-hybridized carbons (Fsp3) is 0.400. The molecule has 1 aromatic heterocycles. The van der Waals surface area contributed by atoms with Gasteiger partial charge in [-0.05, 0) is 62.3 Å². The largest absolute Gasteiger partial charge is 0.347 e. The van der Waals surface area contributed by atoms with Crippen LogP contribution in [0.5, 0.6) is 0 Å². The van der Waals surface area contributed by atoms with Crippen molar-refractivity contribution in [3.05, 3.63) is 56.0 Å². The van der Waals surface area contributed by atoms with Crippen molar-refractivity contribution in [3.63, 3.8) is 0 Å². The van der Waals surface area contributed by atoms with Gasteiger partial charge in [-0.1, -0.05) is 31.5 Å². The number of benzene rings is 1. The summed E-state index contributed by atoms with van der Waals surface area (Å²) in [7, 11) is 2.17. The van der Waals surface area contributed by atoms with Crippen molar-refractivity contribution in [2.75, 3.05) is 11.9 Å². The minimum Gasteiger partial charge on any atom is -0.347 e. The fourth-order valence-corrected chi connectivity index (χ4v) is 5.97. The Labute approximate surface area is 182 Å². The predicted molar refractivity (Wildman–Crippen MR) is 122 cm³/mol. The molecule has 152 valence electrons. The summed E-state index contributed by atoms with van der Waals surface area (Å²) in [6.07, 6.45) is 8.64. The maximum absolute atomic E-state index is 9.30. The van der Waals surface area contributed by atoms with Gasteiger partial charge in [-0.3, -0.25) is 0 Å². The minimum atomic E-state index is 0.0309. The first-order valence-corrected chi connectivity index (χ1v) is 11.4. The van der Waals surface area contributed by atoms with E-state index < -0.39 is 0 Å². The Hall–Kier alpha value is -2.89. The molecule has 0 spiro atoms. The van der Waals surface area contributed by atoms with Crippen molar-refractivity contribution < 1.29 is 0 Å². The highest BCUT2D eigenvalue weighted by Gasteiger charge is 2.44. The molecular formula is C25H26N4S. The molecule has 5 heteroatoms. The summed E-state index contributed by atoms with van der Waals surface area (Å²) in [5.41, 5.74) is 6.59. The van der Waals surface area contributed by atoms with Gasteiger partial charge in [0.15, 0.2) is 5.57 Å². The number of unbranched alkanes of at least 4 members (excludes halogenated alkanes) is 1. The summed E-state index contributed by atoms with van der Waals surface area (Å²) < 4.78 is 1.64. The average Bonchev–Trinajstić information content (AvgIpc) is 3.25. The number of allylic oxidation sites excluding steroid dienone is 2. The number of hydrogen-bond acceptors (Lipinski definition) is 5. The summed E-state index contributed by atoms with van der Waals surface area (Å²) in [5, 5.41) is 18.6. The lowest BCUT2D eigenvalue weighted by Crippen LogP contribution is -2.30. The smallest absolute Gasteiger partial charge is 0.165 e. The molecule has 0 bridgehead atoms. The number of aryl methyl sites for hydroxylation is 1. The summed E-state index contributed by atoms with van der Waals surface area (Å²) in [6.45, 7) is 4.53. The standard InChI is InChI=1S/C25H26N4S/c1-4-5-11-20-22(30-24(28-20)18(15-26)16-27)14-17-9-8-13-25(2)19-10-6-7-12-21(19)29(3)23(17)25/h6-7,10,12,14H,4-5,8-9,11,13H2,1-3H3. The van der Waals surface area contributed by atoms with Crippen molar-refractivity contribution in [1.82, 2.24) is 4.98 Å². The zero-order chi connectivity index (χ0) is 21.3. The van der Waals surface area contributed by atoms with E-state index in [9.17, 15) is 10.5 Å². The van der Waals surface area contributed by atoms with Crippen LogP contribution in [0, 0.1) is 22.7 Å². The second kappa shape index (κ2) is 8.09. The topological polar surface area (TPSA) is 63.7 Å². The quantitative estimate of drug-likeness (QED) is 0.748. The Balaban J connectivity index is 1.93. The second-order valence-electron chi connectivity index (χ2n) is 8.31. The number of likely N-dealkylation sites (N-methyl/N-ethyl adjacent to an activating group) is 1. The number of aromatic nitrogens is 1. The van der Waals surface area contributed by atoms with Gasteiger partial charge in [0.25, 0.3) is 0 Å². The van der Waals surface area contributed by atoms with E-state index in [0.29, 0.717) is 4.66 Å². The number of nitriles is 2. The van der Waals surface area contributed by atoms with Crippen molar-refractivity contribution in [2.45, 2.75) is 57.8 Å². The van der Waals surface area contributed by atoms with Crippen molar-refractivity contribution >= 4 is 28.7 Å². The molecule has 0 saturated heterocycles. The number of anilines is 1. The van der Waals surface area contributed by atoms with Crippen LogP contribution in [-0.2, 0) is 11.8 Å². The van der Waals surface area contributed by atoms with Gasteiger partial charge < -0.3 is 4.90 Å². The van der Waals surface area contributed by atoms with Gasteiger partial charge in [0, 0.05) is 23.8 Å². The highest BCUT2D eigenvalue weighted by Crippen LogP contribution is 2.53. The minimum absolute atomic E-state index is 0.0309. The van der Waals surface area contributed by atoms with E-state index in [0.717, 1.165) is 48.8 Å². The van der Waals surface area contributed by atoms with Crippen LogP contribution >= 0.6 is 11.3 Å². The SMILES string of the molecule is CCCCc1nc(=C(C#N)C#N)sc1=CC1=C2N(C)c3ccccc3C2(C)CCC1. The van der Waals surface area contributed by atoms with E-state index >= 15 is 0 Å². The Kier molecular flexibility index (Phi) is 5.50. The van der Waals surface area contributed by atoms with Crippen LogP contribution in [0.4, 0.5) is 5.69 Å². The van der Waals surface area contributed by atoms with E-state index in [-0.39, 0.29) is 11.0 Å². The molecule has 1 aliphatic heterocycles. The number of thiazole rings is 1. The van der Waals surface area contributed by atoms with Crippen LogP contribution in [0.1, 0.15) is 57.2 Å². The first-order chi connectivity index (χ1) is 14.5. The molecule has 2 aromatic rings. The number of nitrogens with zero attached hydrogens (tertiary/aromatic N) is 4. The number of para-hydroxylation sites is 1. The van der Waals surface area contributed by atoms with Crippen LogP contribution in [0.3, 0.4) is 0 Å². The Morgan fingerprint density at radius 3 is 2.80 bits per heavy atom. The molecular weight excluding hydrogens is 388 g/mol. The number of rotatable bonds is 4. The van der Waals surface area contributed by atoms with E-state index in [2.05, 4.69) is 61.1 Å². The van der Waals surface area contributed by atoms with E-state index in [4.69, 9.17) is 0 Å². The van der Waals surface area contributed by atoms with Gasteiger partial charge in [-0.25, -0.2) is 4.98 Å². The number of fused-ring (bicyclic) bond motifs is 3. The molecule has 0 amide bonds. The van der Waals surface area contributed by atoms with Crippen LogP contribution in [0.2, 0.25) is 0 Å². The summed E-state index contributed by atoms with van der Waals surface area (Å²) in [5.74, 6) is 0. The third-order valence-corrected chi connectivity index (χ3v) is 7.44. The zero-order valence-corrected chi connectivity index (χ0v) is 18.6. The zero-order valence-electron chi connectivity index (χ0n) is 17.8. The Morgan fingerprint density at radius 2 is 2.07 bits per heavy atom. The molecule has 4 nitrogen and oxygen atoms in total. The van der Waals surface area contributed by atoms with E-state index in [1.807, 2.05) is 12.1 Å². The van der Waals surface area contributed by atoms with Crippen molar-refractivity contribution in [3.8, 4) is 12.1 Å². The highest BCUT2D eigenvalue weighted by atomic mass is 32.1. The monoisotopic (exact) mass is 414 g/mol. The second-order valence-corrected chi connectivity index (χ2v) is 9.34. The Bertz CT molecular complexity index is 1210. The van der Waals surface area contributed by atoms with E-state index in [1.54, 1.807) is 0 Å². The van der Waals surface area contributed by atoms with Gasteiger partial charge in [-0.15, -0.1) is 11.3 Å². The molecule has 0 fully saturated rings. The van der Waals surface area contributed by atoms with Gasteiger partial charge in [0.1, 0.15) is 16.8 Å². The van der Waals surface area contributed by atoms with Crippen molar-refractivity contribution in [1.29, 1.82) is 10.5 Å². The highest BCUT2D eigenvalue weighted by molar-refractivity contribution is 7.07. The summed E-state index contributed by atoms with van der Waals surface area (Å²) >= 11 is 1.48. The van der Waals surface area contributed by atoms with Crippen LogP contribution in [0.25, 0.3) is 11.6 Å². The molecule has 1 unspecified atom stereocenters. The van der Waals surface area contributed by atoms with Crippen molar-refractivity contribution in [2.24, 2.45) is 0 Å². The third-order valence-electron chi connectivity index (χ3n) is 6.38. The third kappa shape index (κ3) is 3.24. The maximum Gasteiger partial charge on any atom is 0.165 e. The first-order valence-electron chi connectivity index (χ1n) is 10.6. The van der Waals surface area contributed by atoms with Crippen LogP contribution in [-0.4, -0.2) is 12.0 Å². The normalized spacial score (nSPS) is 20.6. The molecule has 2 aliphatic rings. The van der Waals surface area contributed by atoms with Crippen LogP contribution in [0.15, 0.2) is 35.5 Å². The molecule has 1 aliphatic carbocycles. The molecule has 2 heterocycles. The number of hydrogen-bond donors (Lipinski definition) is 0. The first kappa shape index (κ1) is 20.4. The van der Waals surface area contributed by atoms with E-state index in [1.165, 1.54) is 33.9 Å². The maximum atomic E-state index is 9.30. The molecule has 4 rings (SSSR count). The molecule has 0 saturated carbocycles. The van der Waals surface area contributed by atoms with Gasteiger partial charge in [-0.2, -0.15) is 10.5 Å². The average molecular weight is 415 g/mol. The fourth-order valence-electron chi connectivity index (χ4n) is 4.95. The van der Waals surface area contributed by atoms with Gasteiger partial charge in [0.2, 0.25) is 0 Å². The Morgan fingerprint density at radius 1 is 1.30 bits per heavy atom. The van der Waals surface area contributed by atoms with Crippen LogP contribution < -0.4 is 14.1 Å². The lowest BCUT2D eigenvalue weighted by Gasteiger charge is -2.34. The van der Waals surface area contributed by atoms with Gasteiger partial charge in [0.05, 0.1) is 10.2 Å². The molecule has 1 atom stereocenters. The predicted octanol–water partition coefficient (Wildman–Crippen LogP) is 4.31. The summed E-state index contributed by atoms with van der Waals surface area (Å²) in [4.78, 5) is 7.04. The molecule has 30 heavy (non-hydrogen) atoms. The molecule has 0 radical (unpaired) electrons.